The summed E-state index contributed by atoms with van der Waals surface area (Å²) in [6.45, 7) is 0. The monoisotopic (exact) mass is 368 g/mol. The van der Waals surface area contributed by atoms with Gasteiger partial charge in [-0.05, 0) is 0 Å². The van der Waals surface area contributed by atoms with Crippen molar-refractivity contribution in [1.82, 2.24) is 9.55 Å². The van der Waals surface area contributed by atoms with Crippen molar-refractivity contribution in [1.29, 1.82) is 0 Å². The van der Waals surface area contributed by atoms with Gasteiger partial charge < -0.3 is 9.84 Å². The van der Waals surface area contributed by atoms with E-state index in [2.05, 4.69) is 36.8 Å². The van der Waals surface area contributed by atoms with Crippen LogP contribution in [0.4, 0.5) is 0 Å². The number of halogens is 2. The average Bonchev–Trinajstić information content (AvgIpc) is 2.57. The molecule has 2 rings (SSSR count). The molecule has 0 saturated carbocycles. The molecule has 0 amide bonds. The summed E-state index contributed by atoms with van der Waals surface area (Å²) in [5.41, 5.74) is -1.03. The molecule has 1 aliphatic heterocycles. The normalized spacial score (nSPS) is 32.9. The lowest BCUT2D eigenvalue weighted by molar-refractivity contribution is -0.00639. The molecule has 2 N–H and O–H groups in total. The van der Waals surface area contributed by atoms with Crippen LogP contribution in [0, 0.1) is 0 Å². The zero-order valence-corrected chi connectivity index (χ0v) is 11.7. The summed E-state index contributed by atoms with van der Waals surface area (Å²) in [6, 6.07) is 1.23. The second-order valence-corrected chi connectivity index (χ2v) is 5.38. The lowest BCUT2D eigenvalue weighted by Gasteiger charge is -2.16. The molecule has 1 aromatic heterocycles. The molecule has 1 fully saturated rings. The van der Waals surface area contributed by atoms with Gasteiger partial charge in [-0.25, -0.2) is 4.79 Å². The number of H-pyrrole nitrogens is 1. The molecule has 0 radical (unpaired) electrons. The van der Waals surface area contributed by atoms with E-state index in [1.54, 1.807) is 0 Å². The van der Waals surface area contributed by atoms with Crippen LogP contribution in [-0.2, 0) is 4.74 Å². The van der Waals surface area contributed by atoms with Crippen LogP contribution in [0.3, 0.4) is 0 Å². The van der Waals surface area contributed by atoms with E-state index in [4.69, 9.17) is 4.74 Å². The highest BCUT2D eigenvalue weighted by molar-refractivity contribution is 9.09. The predicted octanol–water partition coefficient (Wildman–Crippen LogP) is -0.0467. The van der Waals surface area contributed by atoms with Crippen molar-refractivity contribution in [2.24, 2.45) is 0 Å². The molecule has 0 bridgehead atoms. The van der Waals surface area contributed by atoms with Crippen LogP contribution in [0.25, 0.3) is 0 Å². The highest BCUT2D eigenvalue weighted by atomic mass is 79.9. The molecule has 0 unspecified atom stereocenters. The Morgan fingerprint density at radius 1 is 1.53 bits per heavy atom. The third kappa shape index (κ3) is 2.40. The second kappa shape index (κ2) is 5.05. The van der Waals surface area contributed by atoms with E-state index in [1.807, 2.05) is 0 Å². The summed E-state index contributed by atoms with van der Waals surface area (Å²) in [5.74, 6) is 0. The van der Waals surface area contributed by atoms with Crippen LogP contribution in [0.5, 0.6) is 0 Å². The van der Waals surface area contributed by atoms with Gasteiger partial charge in [-0.2, -0.15) is 0 Å². The Hall–Kier alpha value is -0.440. The van der Waals surface area contributed by atoms with Crippen molar-refractivity contribution >= 4 is 31.9 Å². The van der Waals surface area contributed by atoms with Crippen molar-refractivity contribution < 1.29 is 9.84 Å². The van der Waals surface area contributed by atoms with Crippen LogP contribution < -0.4 is 11.2 Å². The first-order valence-electron chi connectivity index (χ1n) is 4.89. The Morgan fingerprint density at radius 2 is 2.24 bits per heavy atom. The van der Waals surface area contributed by atoms with E-state index in [0.717, 1.165) is 0 Å². The highest BCUT2D eigenvalue weighted by Crippen LogP contribution is 2.34. The van der Waals surface area contributed by atoms with Crippen molar-refractivity contribution in [2.75, 3.05) is 5.33 Å². The van der Waals surface area contributed by atoms with E-state index in [9.17, 15) is 14.7 Å². The zero-order valence-electron chi connectivity index (χ0n) is 8.55. The number of alkyl halides is 2. The number of aliphatic hydroxyl groups excluding tert-OH is 1. The van der Waals surface area contributed by atoms with E-state index in [0.29, 0.717) is 5.33 Å². The summed E-state index contributed by atoms with van der Waals surface area (Å²) in [5, 5.41) is 10.3. The number of rotatable bonds is 2. The number of nitrogens with zero attached hydrogens (tertiary/aromatic N) is 1. The SMILES string of the molecule is O=c1ccn([C@@H]2O[C@H](CBr)[C@@H](O)[C@H]2Br)c(=O)[nH]1. The first-order valence-corrected chi connectivity index (χ1v) is 6.93. The van der Waals surface area contributed by atoms with Crippen LogP contribution in [0.15, 0.2) is 21.9 Å². The molecule has 0 spiro atoms. The largest absolute Gasteiger partial charge is 0.389 e. The van der Waals surface area contributed by atoms with Crippen LogP contribution >= 0.6 is 31.9 Å². The minimum absolute atomic E-state index is 0.400. The number of aromatic amines is 1. The van der Waals surface area contributed by atoms with Crippen molar-refractivity contribution in [3.05, 3.63) is 33.1 Å². The maximum atomic E-state index is 11.6. The van der Waals surface area contributed by atoms with Gasteiger partial charge in [0.15, 0.2) is 6.23 Å². The van der Waals surface area contributed by atoms with E-state index < -0.39 is 34.5 Å². The molecule has 1 aromatic rings. The third-order valence-electron chi connectivity index (χ3n) is 2.57. The maximum Gasteiger partial charge on any atom is 0.330 e. The number of ether oxygens (including phenoxy) is 1. The van der Waals surface area contributed by atoms with Crippen molar-refractivity contribution in [3.8, 4) is 0 Å². The lowest BCUT2D eigenvalue weighted by Crippen LogP contribution is -2.35. The van der Waals surface area contributed by atoms with Gasteiger partial charge in [0.2, 0.25) is 0 Å². The first-order chi connectivity index (χ1) is 8.04. The van der Waals surface area contributed by atoms with E-state index in [-0.39, 0.29) is 0 Å². The number of aliphatic hydroxyl groups is 1. The predicted molar refractivity (Wildman–Crippen MR) is 67.7 cm³/mol. The Labute approximate surface area is 113 Å². The molecule has 4 atom stereocenters. The molecule has 1 aliphatic rings. The molecule has 2 heterocycles. The molecular weight excluding hydrogens is 360 g/mol. The fourth-order valence-electron chi connectivity index (χ4n) is 1.68. The summed E-state index contributed by atoms with van der Waals surface area (Å²) in [7, 11) is 0. The molecule has 1 saturated heterocycles. The number of hydrogen-bond acceptors (Lipinski definition) is 4. The van der Waals surface area contributed by atoms with Gasteiger partial charge in [-0.1, -0.05) is 31.9 Å². The first kappa shape index (κ1) is 13.0. The standard InChI is InChI=1S/C9H10Br2N2O4/c10-3-4-7(15)6(11)8(17-4)13-2-1-5(14)12-9(13)16/h1-2,4,6-8,15H,3H2,(H,12,14,16)/t4-,6-,7-,8-/m1/s1. The van der Waals surface area contributed by atoms with Crippen molar-refractivity contribution in [3.63, 3.8) is 0 Å². The van der Waals surface area contributed by atoms with Gasteiger partial charge in [-0.3, -0.25) is 14.3 Å². The van der Waals surface area contributed by atoms with Gasteiger partial charge in [0.25, 0.3) is 5.56 Å². The van der Waals surface area contributed by atoms with Crippen molar-refractivity contribution in [2.45, 2.75) is 23.3 Å². The summed E-state index contributed by atoms with van der Waals surface area (Å²) in [6.07, 6.45) is -0.415. The van der Waals surface area contributed by atoms with Gasteiger partial charge in [-0.15, -0.1) is 0 Å². The minimum atomic E-state index is -0.724. The van der Waals surface area contributed by atoms with Gasteiger partial charge in [0.05, 0.1) is 17.0 Å². The topological polar surface area (TPSA) is 84.3 Å². The fraction of sp³-hybridized carbons (Fsp3) is 0.556. The van der Waals surface area contributed by atoms with Crippen LogP contribution in [-0.4, -0.2) is 37.0 Å². The molecule has 17 heavy (non-hydrogen) atoms. The maximum absolute atomic E-state index is 11.6. The number of hydrogen-bond donors (Lipinski definition) is 2. The van der Waals surface area contributed by atoms with E-state index in [1.165, 1.54) is 16.8 Å². The Morgan fingerprint density at radius 3 is 2.76 bits per heavy atom. The smallest absolute Gasteiger partial charge is 0.330 e. The lowest BCUT2D eigenvalue weighted by atomic mass is 10.2. The molecule has 94 valence electrons. The highest BCUT2D eigenvalue weighted by Gasteiger charge is 2.42. The zero-order chi connectivity index (χ0) is 12.6. The molecular formula is C9H10Br2N2O4. The quantitative estimate of drug-likeness (QED) is 0.716. The molecule has 0 aromatic carbocycles. The fourth-order valence-corrected chi connectivity index (χ4v) is 2.94. The number of aromatic nitrogens is 2. The summed E-state index contributed by atoms with van der Waals surface area (Å²) in [4.78, 5) is 24.3. The summed E-state index contributed by atoms with van der Waals surface area (Å²) < 4.78 is 6.78. The summed E-state index contributed by atoms with van der Waals surface area (Å²) >= 11 is 6.52. The third-order valence-corrected chi connectivity index (χ3v) is 4.20. The molecule has 0 aliphatic carbocycles. The van der Waals surface area contributed by atoms with Gasteiger partial charge in [0, 0.05) is 17.6 Å². The molecule has 8 heteroatoms. The van der Waals surface area contributed by atoms with Gasteiger partial charge >= 0.3 is 5.69 Å². The Balaban J connectivity index is 2.35. The Bertz CT molecular complexity index is 514. The van der Waals surface area contributed by atoms with Crippen LogP contribution in [0.2, 0.25) is 0 Å². The van der Waals surface area contributed by atoms with E-state index >= 15 is 0 Å². The van der Waals surface area contributed by atoms with Gasteiger partial charge in [0.1, 0.15) is 0 Å². The number of nitrogens with one attached hydrogen (secondary N) is 1. The Kier molecular flexibility index (Phi) is 3.86. The average molecular weight is 370 g/mol. The molecule has 6 nitrogen and oxygen atoms in total. The second-order valence-electron chi connectivity index (χ2n) is 3.67. The van der Waals surface area contributed by atoms with Crippen LogP contribution in [0.1, 0.15) is 6.23 Å². The minimum Gasteiger partial charge on any atom is -0.389 e.